The minimum Gasteiger partial charge on any atom is -0.384 e. The number of anilines is 1. The summed E-state index contributed by atoms with van der Waals surface area (Å²) in [6.45, 7) is 1.99. The molecule has 5 heteroatoms. The van der Waals surface area contributed by atoms with Crippen molar-refractivity contribution in [2.24, 2.45) is 0 Å². The third kappa shape index (κ3) is 2.68. The fourth-order valence-corrected chi connectivity index (χ4v) is 1.89. The molecule has 0 amide bonds. The topological polar surface area (TPSA) is 70.3 Å². The van der Waals surface area contributed by atoms with Crippen molar-refractivity contribution in [2.45, 2.75) is 25.4 Å². The standard InChI is InChI=1S/C11H17N3O2/c1-15-7-9-5-10(12)14-11(13-9)8-3-2-4-16-6-8/h5,8H,2-4,6-7H2,1H3,(H2,12,13,14). The van der Waals surface area contributed by atoms with Gasteiger partial charge in [-0.2, -0.15) is 0 Å². The molecule has 1 aliphatic heterocycles. The number of hydrogen-bond donors (Lipinski definition) is 1. The van der Waals surface area contributed by atoms with Crippen LogP contribution in [0.2, 0.25) is 0 Å². The van der Waals surface area contributed by atoms with Crippen LogP contribution in [0.15, 0.2) is 6.07 Å². The number of nitrogens with zero attached hydrogens (tertiary/aromatic N) is 2. The molecule has 1 aromatic heterocycles. The Balaban J connectivity index is 2.18. The number of aromatic nitrogens is 2. The molecule has 0 spiro atoms. The van der Waals surface area contributed by atoms with Crippen LogP contribution in [-0.4, -0.2) is 30.3 Å². The maximum absolute atomic E-state index is 5.75. The maximum Gasteiger partial charge on any atom is 0.136 e. The van der Waals surface area contributed by atoms with E-state index in [-0.39, 0.29) is 5.92 Å². The van der Waals surface area contributed by atoms with Crippen LogP contribution in [0, 0.1) is 0 Å². The molecule has 1 aliphatic rings. The molecule has 1 unspecified atom stereocenters. The van der Waals surface area contributed by atoms with Gasteiger partial charge < -0.3 is 15.2 Å². The van der Waals surface area contributed by atoms with E-state index in [4.69, 9.17) is 15.2 Å². The minimum atomic E-state index is 0.271. The average molecular weight is 223 g/mol. The van der Waals surface area contributed by atoms with Crippen molar-refractivity contribution in [3.63, 3.8) is 0 Å². The van der Waals surface area contributed by atoms with E-state index >= 15 is 0 Å². The van der Waals surface area contributed by atoms with Crippen molar-refractivity contribution >= 4 is 5.82 Å². The molecule has 1 atom stereocenters. The van der Waals surface area contributed by atoms with Crippen LogP contribution in [0.4, 0.5) is 5.82 Å². The Labute approximate surface area is 95.0 Å². The zero-order valence-corrected chi connectivity index (χ0v) is 9.48. The van der Waals surface area contributed by atoms with E-state index in [2.05, 4.69) is 9.97 Å². The molecule has 2 rings (SSSR count). The van der Waals surface area contributed by atoms with Crippen LogP contribution in [0.25, 0.3) is 0 Å². The molecule has 88 valence electrons. The average Bonchev–Trinajstić information content (AvgIpc) is 2.30. The molecule has 1 aromatic rings. The Morgan fingerprint density at radius 1 is 1.56 bits per heavy atom. The normalized spacial score (nSPS) is 20.9. The number of nitrogen functional groups attached to an aromatic ring is 1. The Kier molecular flexibility index (Phi) is 3.69. The molecule has 0 radical (unpaired) electrons. The summed E-state index contributed by atoms with van der Waals surface area (Å²) in [5, 5.41) is 0. The summed E-state index contributed by atoms with van der Waals surface area (Å²) < 4.78 is 10.5. The molecule has 0 bridgehead atoms. The number of hydrogen-bond acceptors (Lipinski definition) is 5. The SMILES string of the molecule is COCc1cc(N)nc(C2CCCOC2)n1. The van der Waals surface area contributed by atoms with Gasteiger partial charge in [-0.3, -0.25) is 0 Å². The Bertz CT molecular complexity index is 351. The Morgan fingerprint density at radius 2 is 2.44 bits per heavy atom. The summed E-state index contributed by atoms with van der Waals surface area (Å²) in [4.78, 5) is 8.72. The summed E-state index contributed by atoms with van der Waals surface area (Å²) in [5.74, 6) is 1.56. The second-order valence-electron chi connectivity index (χ2n) is 3.99. The first kappa shape index (κ1) is 11.3. The summed E-state index contributed by atoms with van der Waals surface area (Å²) in [7, 11) is 1.64. The monoisotopic (exact) mass is 223 g/mol. The van der Waals surface area contributed by atoms with Crippen LogP contribution >= 0.6 is 0 Å². The quantitative estimate of drug-likeness (QED) is 0.830. The van der Waals surface area contributed by atoms with Crippen LogP contribution in [0.3, 0.4) is 0 Å². The van der Waals surface area contributed by atoms with E-state index < -0.39 is 0 Å². The lowest BCUT2D eigenvalue weighted by atomic mass is 10.0. The molecule has 1 fully saturated rings. The lowest BCUT2D eigenvalue weighted by Crippen LogP contribution is -2.19. The van der Waals surface area contributed by atoms with Crippen molar-refractivity contribution in [1.29, 1.82) is 0 Å². The molecule has 0 aliphatic carbocycles. The number of ether oxygens (including phenoxy) is 2. The van der Waals surface area contributed by atoms with E-state index in [1.807, 2.05) is 0 Å². The second kappa shape index (κ2) is 5.23. The van der Waals surface area contributed by atoms with Crippen molar-refractivity contribution in [2.75, 3.05) is 26.1 Å². The zero-order chi connectivity index (χ0) is 11.4. The van der Waals surface area contributed by atoms with Crippen molar-refractivity contribution in [3.8, 4) is 0 Å². The molecule has 5 nitrogen and oxygen atoms in total. The van der Waals surface area contributed by atoms with Crippen molar-refractivity contribution in [1.82, 2.24) is 9.97 Å². The minimum absolute atomic E-state index is 0.271. The molecule has 1 saturated heterocycles. The smallest absolute Gasteiger partial charge is 0.136 e. The summed E-state index contributed by atoms with van der Waals surface area (Å²) in [6, 6.07) is 1.75. The van der Waals surface area contributed by atoms with Gasteiger partial charge in [-0.15, -0.1) is 0 Å². The first-order valence-corrected chi connectivity index (χ1v) is 5.49. The Morgan fingerprint density at radius 3 is 3.12 bits per heavy atom. The molecular weight excluding hydrogens is 206 g/mol. The molecule has 16 heavy (non-hydrogen) atoms. The number of rotatable bonds is 3. The lowest BCUT2D eigenvalue weighted by Gasteiger charge is -2.21. The molecule has 0 aromatic carbocycles. The van der Waals surface area contributed by atoms with E-state index in [9.17, 15) is 0 Å². The predicted octanol–water partition coefficient (Wildman–Crippen LogP) is 1.10. The highest BCUT2D eigenvalue weighted by Crippen LogP contribution is 2.23. The van der Waals surface area contributed by atoms with Gasteiger partial charge in [-0.1, -0.05) is 0 Å². The summed E-state index contributed by atoms with van der Waals surface area (Å²) >= 11 is 0. The van der Waals surface area contributed by atoms with Crippen LogP contribution in [-0.2, 0) is 16.1 Å². The molecular formula is C11H17N3O2. The maximum atomic E-state index is 5.75. The van der Waals surface area contributed by atoms with Crippen LogP contribution in [0.1, 0.15) is 30.3 Å². The van der Waals surface area contributed by atoms with Gasteiger partial charge in [0.15, 0.2) is 0 Å². The van der Waals surface area contributed by atoms with Crippen LogP contribution < -0.4 is 5.73 Å². The Hall–Kier alpha value is -1.20. The van der Waals surface area contributed by atoms with Gasteiger partial charge in [0.05, 0.1) is 18.9 Å². The fourth-order valence-electron chi connectivity index (χ4n) is 1.89. The first-order chi connectivity index (χ1) is 7.79. The number of methoxy groups -OCH3 is 1. The van der Waals surface area contributed by atoms with Gasteiger partial charge in [0.25, 0.3) is 0 Å². The largest absolute Gasteiger partial charge is 0.384 e. The van der Waals surface area contributed by atoms with E-state index in [0.717, 1.165) is 31.0 Å². The lowest BCUT2D eigenvalue weighted by molar-refractivity contribution is 0.0778. The highest BCUT2D eigenvalue weighted by atomic mass is 16.5. The summed E-state index contributed by atoms with van der Waals surface area (Å²) in [5.41, 5.74) is 6.58. The number of nitrogens with two attached hydrogens (primary N) is 1. The van der Waals surface area contributed by atoms with Crippen LogP contribution in [0.5, 0.6) is 0 Å². The van der Waals surface area contributed by atoms with Gasteiger partial charge in [0, 0.05) is 25.7 Å². The van der Waals surface area contributed by atoms with Gasteiger partial charge in [0.2, 0.25) is 0 Å². The summed E-state index contributed by atoms with van der Waals surface area (Å²) in [6.07, 6.45) is 2.12. The molecule has 0 saturated carbocycles. The fraction of sp³-hybridized carbons (Fsp3) is 0.636. The first-order valence-electron chi connectivity index (χ1n) is 5.49. The predicted molar refractivity (Wildman–Crippen MR) is 60.0 cm³/mol. The molecule has 2 heterocycles. The highest BCUT2D eigenvalue weighted by Gasteiger charge is 2.19. The van der Waals surface area contributed by atoms with Gasteiger partial charge >= 0.3 is 0 Å². The third-order valence-electron chi connectivity index (χ3n) is 2.63. The van der Waals surface area contributed by atoms with Crippen molar-refractivity contribution < 1.29 is 9.47 Å². The van der Waals surface area contributed by atoms with Gasteiger partial charge in [-0.25, -0.2) is 9.97 Å². The third-order valence-corrected chi connectivity index (χ3v) is 2.63. The van der Waals surface area contributed by atoms with Gasteiger partial charge in [0.1, 0.15) is 11.6 Å². The van der Waals surface area contributed by atoms with E-state index in [1.54, 1.807) is 13.2 Å². The second-order valence-corrected chi connectivity index (χ2v) is 3.99. The van der Waals surface area contributed by atoms with E-state index in [0.29, 0.717) is 19.0 Å². The van der Waals surface area contributed by atoms with E-state index in [1.165, 1.54) is 0 Å². The zero-order valence-electron chi connectivity index (χ0n) is 9.48. The van der Waals surface area contributed by atoms with Crippen molar-refractivity contribution in [3.05, 3.63) is 17.6 Å². The highest BCUT2D eigenvalue weighted by molar-refractivity contribution is 5.30. The molecule has 2 N–H and O–H groups in total. The van der Waals surface area contributed by atoms with Gasteiger partial charge in [-0.05, 0) is 12.8 Å².